The number of benzene rings is 1. The second kappa shape index (κ2) is 6.75. The lowest BCUT2D eigenvalue weighted by atomic mass is 10.1. The monoisotopic (exact) mass is 273 g/mol. The Hall–Kier alpha value is -2.30. The highest BCUT2D eigenvalue weighted by Crippen LogP contribution is 2.20. The zero-order valence-electron chi connectivity index (χ0n) is 11.7. The maximum absolute atomic E-state index is 11.8. The van der Waals surface area contributed by atoms with Crippen molar-refractivity contribution in [3.63, 3.8) is 0 Å². The predicted octanol–water partition coefficient (Wildman–Crippen LogP) is 2.74. The maximum Gasteiger partial charge on any atom is 0.407 e. The number of ether oxygens (including phenoxy) is 1. The second-order valence-corrected chi connectivity index (χ2v) is 4.28. The molecule has 2 rings (SSSR count). The number of hydrogen-bond acceptors (Lipinski definition) is 3. The number of alkyl carbamates (subject to hydrolysis) is 1. The van der Waals surface area contributed by atoms with Gasteiger partial charge in [-0.3, -0.25) is 0 Å². The van der Waals surface area contributed by atoms with Crippen LogP contribution >= 0.6 is 0 Å². The lowest BCUT2D eigenvalue weighted by molar-refractivity contribution is 0.149. The van der Waals surface area contributed by atoms with E-state index in [4.69, 9.17) is 4.74 Å². The molecule has 0 spiro atoms. The maximum atomic E-state index is 11.8. The number of nitrogens with zero attached hydrogens (tertiary/aromatic N) is 2. The third kappa shape index (κ3) is 3.17. The van der Waals surface area contributed by atoms with E-state index in [-0.39, 0.29) is 6.04 Å². The van der Waals surface area contributed by atoms with Gasteiger partial charge < -0.3 is 14.6 Å². The molecule has 1 N–H and O–H groups in total. The SMILES string of the molecule is CCOC(=O)NC(c1ccccc1)c1nccn1CC. The molecule has 0 aliphatic rings. The van der Waals surface area contributed by atoms with Gasteiger partial charge in [-0.05, 0) is 19.4 Å². The molecule has 1 atom stereocenters. The summed E-state index contributed by atoms with van der Waals surface area (Å²) < 4.78 is 6.98. The van der Waals surface area contributed by atoms with Crippen LogP contribution in [0.1, 0.15) is 31.3 Å². The van der Waals surface area contributed by atoms with Crippen LogP contribution in [0.4, 0.5) is 4.79 Å². The topological polar surface area (TPSA) is 56.1 Å². The molecule has 1 aromatic heterocycles. The number of carbonyl (C=O) groups excluding carboxylic acids is 1. The number of aryl methyl sites for hydroxylation is 1. The Balaban J connectivity index is 2.32. The van der Waals surface area contributed by atoms with Gasteiger partial charge in [-0.1, -0.05) is 30.3 Å². The largest absolute Gasteiger partial charge is 0.450 e. The quantitative estimate of drug-likeness (QED) is 0.911. The number of rotatable bonds is 5. The molecule has 0 aliphatic carbocycles. The highest BCUT2D eigenvalue weighted by atomic mass is 16.5. The summed E-state index contributed by atoms with van der Waals surface area (Å²) in [5.74, 6) is 0.798. The van der Waals surface area contributed by atoms with Gasteiger partial charge in [-0.25, -0.2) is 9.78 Å². The summed E-state index contributed by atoms with van der Waals surface area (Å²) in [5.41, 5.74) is 0.974. The first-order valence-electron chi connectivity index (χ1n) is 6.75. The number of imidazole rings is 1. The van der Waals surface area contributed by atoms with Crippen LogP contribution in [0.5, 0.6) is 0 Å². The summed E-state index contributed by atoms with van der Waals surface area (Å²) in [6, 6.07) is 9.43. The number of aromatic nitrogens is 2. The first-order valence-corrected chi connectivity index (χ1v) is 6.75. The molecular formula is C15H19N3O2. The smallest absolute Gasteiger partial charge is 0.407 e. The van der Waals surface area contributed by atoms with Crippen molar-refractivity contribution in [2.75, 3.05) is 6.61 Å². The van der Waals surface area contributed by atoms with E-state index < -0.39 is 6.09 Å². The van der Waals surface area contributed by atoms with Crippen molar-refractivity contribution in [3.05, 3.63) is 54.1 Å². The van der Waals surface area contributed by atoms with Gasteiger partial charge >= 0.3 is 6.09 Å². The van der Waals surface area contributed by atoms with E-state index in [2.05, 4.69) is 10.3 Å². The minimum Gasteiger partial charge on any atom is -0.450 e. The molecule has 0 aliphatic heterocycles. The molecular weight excluding hydrogens is 254 g/mol. The zero-order chi connectivity index (χ0) is 14.4. The highest BCUT2D eigenvalue weighted by molar-refractivity contribution is 5.68. The van der Waals surface area contributed by atoms with Gasteiger partial charge in [0.2, 0.25) is 0 Å². The fourth-order valence-electron chi connectivity index (χ4n) is 2.08. The van der Waals surface area contributed by atoms with Crippen LogP contribution in [0.25, 0.3) is 0 Å². The van der Waals surface area contributed by atoms with E-state index in [1.807, 2.05) is 48.0 Å². The molecule has 0 radical (unpaired) electrons. The Labute approximate surface area is 118 Å². The summed E-state index contributed by atoms with van der Waals surface area (Å²) in [7, 11) is 0. The molecule has 106 valence electrons. The predicted molar refractivity (Wildman–Crippen MR) is 76.3 cm³/mol. The van der Waals surface area contributed by atoms with E-state index >= 15 is 0 Å². The summed E-state index contributed by atoms with van der Waals surface area (Å²) in [6.07, 6.45) is 3.20. The molecule has 0 saturated carbocycles. The molecule has 5 nitrogen and oxygen atoms in total. The average molecular weight is 273 g/mol. The second-order valence-electron chi connectivity index (χ2n) is 4.28. The van der Waals surface area contributed by atoms with Crippen LogP contribution in [0.2, 0.25) is 0 Å². The van der Waals surface area contributed by atoms with Gasteiger partial charge in [-0.2, -0.15) is 0 Å². The summed E-state index contributed by atoms with van der Waals surface area (Å²) >= 11 is 0. The number of hydrogen-bond donors (Lipinski definition) is 1. The van der Waals surface area contributed by atoms with Crippen LogP contribution in [0.15, 0.2) is 42.7 Å². The van der Waals surface area contributed by atoms with Crippen molar-refractivity contribution in [3.8, 4) is 0 Å². The normalized spacial score (nSPS) is 11.9. The van der Waals surface area contributed by atoms with Crippen LogP contribution in [-0.4, -0.2) is 22.3 Å². The Morgan fingerprint density at radius 3 is 2.75 bits per heavy atom. The Bertz CT molecular complexity index is 551. The third-order valence-electron chi connectivity index (χ3n) is 3.02. The molecule has 2 aromatic rings. The fraction of sp³-hybridized carbons (Fsp3) is 0.333. The number of carbonyl (C=O) groups is 1. The van der Waals surface area contributed by atoms with Gasteiger partial charge in [-0.15, -0.1) is 0 Å². The lowest BCUT2D eigenvalue weighted by Crippen LogP contribution is -2.31. The summed E-state index contributed by atoms with van der Waals surface area (Å²) in [6.45, 7) is 4.96. The van der Waals surface area contributed by atoms with E-state index in [1.165, 1.54) is 0 Å². The molecule has 1 aromatic carbocycles. The van der Waals surface area contributed by atoms with Crippen molar-refractivity contribution in [2.45, 2.75) is 26.4 Å². The molecule has 20 heavy (non-hydrogen) atoms. The molecule has 1 heterocycles. The minimum absolute atomic E-state index is 0.315. The third-order valence-corrected chi connectivity index (χ3v) is 3.02. The molecule has 1 amide bonds. The van der Waals surface area contributed by atoms with Crippen molar-refractivity contribution >= 4 is 6.09 Å². The Morgan fingerprint density at radius 2 is 2.10 bits per heavy atom. The first-order chi connectivity index (χ1) is 9.76. The first kappa shape index (κ1) is 14.1. The molecule has 0 saturated heterocycles. The number of nitrogens with one attached hydrogen (secondary N) is 1. The average Bonchev–Trinajstić information content (AvgIpc) is 2.94. The lowest BCUT2D eigenvalue weighted by Gasteiger charge is -2.19. The zero-order valence-corrected chi connectivity index (χ0v) is 11.7. The number of amides is 1. The van der Waals surface area contributed by atoms with Gasteiger partial charge in [0.25, 0.3) is 0 Å². The Kier molecular flexibility index (Phi) is 4.76. The van der Waals surface area contributed by atoms with Crippen molar-refractivity contribution in [1.82, 2.24) is 14.9 Å². The minimum atomic E-state index is -0.438. The fourth-order valence-corrected chi connectivity index (χ4v) is 2.08. The molecule has 0 fully saturated rings. The van der Waals surface area contributed by atoms with E-state index in [0.29, 0.717) is 6.61 Å². The van der Waals surface area contributed by atoms with E-state index in [1.54, 1.807) is 13.1 Å². The van der Waals surface area contributed by atoms with Gasteiger partial charge in [0.1, 0.15) is 11.9 Å². The van der Waals surface area contributed by atoms with Crippen LogP contribution in [0.3, 0.4) is 0 Å². The van der Waals surface area contributed by atoms with Crippen LogP contribution < -0.4 is 5.32 Å². The van der Waals surface area contributed by atoms with Gasteiger partial charge in [0, 0.05) is 18.9 Å². The van der Waals surface area contributed by atoms with Crippen LogP contribution in [-0.2, 0) is 11.3 Å². The molecule has 5 heteroatoms. The standard InChI is InChI=1S/C15H19N3O2/c1-3-18-11-10-16-14(18)13(17-15(19)20-4-2)12-8-6-5-7-9-12/h5-11,13H,3-4H2,1-2H3,(H,17,19). The molecule has 1 unspecified atom stereocenters. The van der Waals surface area contributed by atoms with Crippen molar-refractivity contribution in [1.29, 1.82) is 0 Å². The Morgan fingerprint density at radius 1 is 1.35 bits per heavy atom. The van der Waals surface area contributed by atoms with Gasteiger partial charge in [0.15, 0.2) is 0 Å². The highest BCUT2D eigenvalue weighted by Gasteiger charge is 2.21. The van der Waals surface area contributed by atoms with Gasteiger partial charge in [0.05, 0.1) is 6.61 Å². The van der Waals surface area contributed by atoms with Crippen molar-refractivity contribution < 1.29 is 9.53 Å². The van der Waals surface area contributed by atoms with Crippen molar-refractivity contribution in [2.24, 2.45) is 0 Å². The summed E-state index contributed by atoms with van der Waals surface area (Å²) in [4.78, 5) is 16.1. The van der Waals surface area contributed by atoms with E-state index in [9.17, 15) is 4.79 Å². The summed E-state index contributed by atoms with van der Waals surface area (Å²) in [5, 5.41) is 2.87. The molecule has 0 bridgehead atoms. The van der Waals surface area contributed by atoms with E-state index in [0.717, 1.165) is 17.9 Å². The van der Waals surface area contributed by atoms with Crippen LogP contribution in [0, 0.1) is 0 Å².